The Morgan fingerprint density at radius 1 is 1.12 bits per heavy atom. The molecule has 34 heavy (non-hydrogen) atoms. The van der Waals surface area contributed by atoms with Gasteiger partial charge in [0, 0.05) is 37.0 Å². The molecule has 2 aromatic rings. The van der Waals surface area contributed by atoms with Crippen molar-refractivity contribution in [2.24, 2.45) is 0 Å². The van der Waals surface area contributed by atoms with Crippen LogP contribution in [0.5, 0.6) is 0 Å². The van der Waals surface area contributed by atoms with Gasteiger partial charge in [-0.2, -0.15) is 0 Å². The molecular weight excluding hydrogens is 428 g/mol. The number of rotatable bonds is 5. The van der Waals surface area contributed by atoms with Crippen molar-refractivity contribution in [3.63, 3.8) is 0 Å². The Morgan fingerprint density at radius 3 is 2.50 bits per heavy atom. The summed E-state index contributed by atoms with van der Waals surface area (Å²) in [6, 6.07) is 10.0. The van der Waals surface area contributed by atoms with Crippen molar-refractivity contribution in [2.75, 3.05) is 18.0 Å². The number of pyridine rings is 1. The number of benzene rings is 1. The predicted octanol–water partition coefficient (Wildman–Crippen LogP) is 5.06. The van der Waals surface area contributed by atoms with E-state index >= 15 is 0 Å². The third-order valence-electron chi connectivity index (χ3n) is 6.65. The van der Waals surface area contributed by atoms with Crippen molar-refractivity contribution in [2.45, 2.75) is 78.1 Å². The van der Waals surface area contributed by atoms with Gasteiger partial charge in [0.2, 0.25) is 5.91 Å². The van der Waals surface area contributed by atoms with Crippen molar-refractivity contribution in [3.8, 4) is 11.1 Å². The van der Waals surface area contributed by atoms with Gasteiger partial charge < -0.3 is 15.0 Å². The molecule has 0 aliphatic carbocycles. The van der Waals surface area contributed by atoms with Crippen molar-refractivity contribution in [1.29, 1.82) is 0 Å². The fourth-order valence-corrected chi connectivity index (χ4v) is 5.09. The van der Waals surface area contributed by atoms with Crippen molar-refractivity contribution >= 4 is 17.7 Å². The first kappa shape index (κ1) is 24.2. The second kappa shape index (κ2) is 10.6. The smallest absolute Gasteiger partial charge is 0.407 e. The Hall–Kier alpha value is -2.93. The van der Waals surface area contributed by atoms with Gasteiger partial charge in [-0.15, -0.1) is 0 Å². The number of likely N-dealkylation sites (tertiary alicyclic amines) is 1. The number of amides is 2. The molecule has 2 aliphatic rings. The maximum absolute atomic E-state index is 12.4. The normalized spacial score (nSPS) is 20.7. The number of piperidine rings is 1. The third kappa shape index (κ3) is 5.58. The highest BCUT2D eigenvalue weighted by Gasteiger charge is 2.33. The summed E-state index contributed by atoms with van der Waals surface area (Å²) in [4.78, 5) is 33.8. The summed E-state index contributed by atoms with van der Waals surface area (Å²) >= 11 is 0. The molecule has 1 aromatic heterocycles. The lowest BCUT2D eigenvalue weighted by molar-refractivity contribution is -0.117. The van der Waals surface area contributed by atoms with E-state index in [1.165, 1.54) is 19.3 Å². The van der Waals surface area contributed by atoms with E-state index in [2.05, 4.69) is 28.4 Å². The SMILES string of the molecule is CC(=O)N1c2ccc(-c3ccc(CN4CCCCC4)nc3)cc2[C@@H](NC(=O)OC(C)C)C[C@H]1C. The molecule has 4 rings (SSSR count). The van der Waals surface area contributed by atoms with Gasteiger partial charge in [-0.05, 0) is 82.4 Å². The lowest BCUT2D eigenvalue weighted by Crippen LogP contribution is -2.45. The Morgan fingerprint density at radius 2 is 1.85 bits per heavy atom. The van der Waals surface area contributed by atoms with Crippen LogP contribution in [0.15, 0.2) is 36.5 Å². The van der Waals surface area contributed by atoms with Crippen molar-refractivity contribution in [1.82, 2.24) is 15.2 Å². The number of nitrogens with one attached hydrogen (secondary N) is 1. The molecule has 1 fully saturated rings. The van der Waals surface area contributed by atoms with Crippen LogP contribution in [0.1, 0.15) is 70.7 Å². The zero-order valence-corrected chi connectivity index (χ0v) is 20.7. The van der Waals surface area contributed by atoms with Crippen molar-refractivity contribution in [3.05, 3.63) is 47.8 Å². The number of hydrogen-bond acceptors (Lipinski definition) is 5. The van der Waals surface area contributed by atoms with Crippen LogP contribution in [0.2, 0.25) is 0 Å². The van der Waals surface area contributed by atoms with E-state index in [0.717, 1.165) is 47.7 Å². The fourth-order valence-electron chi connectivity index (χ4n) is 5.09. The predicted molar refractivity (Wildman–Crippen MR) is 134 cm³/mol. The molecule has 7 nitrogen and oxygen atoms in total. The molecule has 1 N–H and O–H groups in total. The summed E-state index contributed by atoms with van der Waals surface area (Å²) in [5.74, 6) is -0.00607. The van der Waals surface area contributed by atoms with E-state index in [-0.39, 0.29) is 24.1 Å². The molecule has 1 saturated heterocycles. The largest absolute Gasteiger partial charge is 0.447 e. The van der Waals surface area contributed by atoms with Crippen LogP contribution in [-0.4, -0.2) is 47.1 Å². The minimum Gasteiger partial charge on any atom is -0.447 e. The Kier molecular flexibility index (Phi) is 7.51. The highest BCUT2D eigenvalue weighted by Crippen LogP contribution is 2.39. The first-order valence-electron chi connectivity index (χ1n) is 12.4. The van der Waals surface area contributed by atoms with Gasteiger partial charge >= 0.3 is 6.09 Å². The summed E-state index contributed by atoms with van der Waals surface area (Å²) in [5.41, 5.74) is 4.86. The molecule has 2 atom stereocenters. The first-order valence-corrected chi connectivity index (χ1v) is 12.4. The molecule has 182 valence electrons. The highest BCUT2D eigenvalue weighted by molar-refractivity contribution is 5.94. The minimum absolute atomic E-state index is 0.00607. The zero-order valence-electron chi connectivity index (χ0n) is 20.7. The summed E-state index contributed by atoms with van der Waals surface area (Å²) in [6.07, 6.45) is 5.76. The highest BCUT2D eigenvalue weighted by atomic mass is 16.6. The standard InChI is InChI=1S/C27H36N4O3/c1-18(2)34-27(33)29-25-14-19(3)31(20(4)32)26-11-9-21(15-24(25)26)22-8-10-23(28-16-22)17-30-12-6-5-7-13-30/h8-11,15-16,18-19,25H,5-7,12-14,17H2,1-4H3,(H,29,33)/t19-,25+/m1/s1. The quantitative estimate of drug-likeness (QED) is 0.670. The maximum atomic E-state index is 12.4. The third-order valence-corrected chi connectivity index (χ3v) is 6.65. The van der Waals surface area contributed by atoms with Crippen LogP contribution in [0.25, 0.3) is 11.1 Å². The molecule has 7 heteroatoms. The number of ether oxygens (including phenoxy) is 1. The molecular formula is C27H36N4O3. The van der Waals surface area contributed by atoms with Crippen LogP contribution in [0.4, 0.5) is 10.5 Å². The lowest BCUT2D eigenvalue weighted by Gasteiger charge is -2.39. The number of alkyl carbamates (subject to hydrolysis) is 1. The van der Waals surface area contributed by atoms with Crippen LogP contribution in [0, 0.1) is 0 Å². The molecule has 3 heterocycles. The first-order chi connectivity index (χ1) is 16.3. The number of carbonyl (C=O) groups is 2. The summed E-state index contributed by atoms with van der Waals surface area (Å²) < 4.78 is 5.32. The molecule has 2 amide bonds. The van der Waals surface area contributed by atoms with Gasteiger partial charge in [0.05, 0.1) is 17.8 Å². The summed E-state index contributed by atoms with van der Waals surface area (Å²) in [5, 5.41) is 3.01. The van der Waals surface area contributed by atoms with Crippen molar-refractivity contribution < 1.29 is 14.3 Å². The number of carbonyl (C=O) groups excluding carboxylic acids is 2. The summed E-state index contributed by atoms with van der Waals surface area (Å²) in [6.45, 7) is 10.4. The average Bonchev–Trinajstić information content (AvgIpc) is 2.79. The van der Waals surface area contributed by atoms with Crippen LogP contribution >= 0.6 is 0 Å². The number of anilines is 1. The number of hydrogen-bond donors (Lipinski definition) is 1. The van der Waals surface area contributed by atoms with E-state index in [1.807, 2.05) is 44.0 Å². The number of nitrogens with zero attached hydrogens (tertiary/aromatic N) is 3. The molecule has 0 spiro atoms. The summed E-state index contributed by atoms with van der Waals surface area (Å²) in [7, 11) is 0. The molecule has 0 radical (unpaired) electrons. The van der Waals surface area contributed by atoms with Gasteiger partial charge in [0.25, 0.3) is 0 Å². The van der Waals surface area contributed by atoms with E-state index in [0.29, 0.717) is 6.42 Å². The van der Waals surface area contributed by atoms with Crippen LogP contribution < -0.4 is 10.2 Å². The topological polar surface area (TPSA) is 74.8 Å². The fraction of sp³-hybridized carbons (Fsp3) is 0.519. The minimum atomic E-state index is -0.441. The molecule has 0 bridgehead atoms. The maximum Gasteiger partial charge on any atom is 0.407 e. The van der Waals surface area contributed by atoms with Gasteiger partial charge in [-0.3, -0.25) is 14.7 Å². The van der Waals surface area contributed by atoms with E-state index < -0.39 is 6.09 Å². The Bertz CT molecular complexity index is 1020. The second-order valence-electron chi connectivity index (χ2n) is 9.77. The lowest BCUT2D eigenvalue weighted by atomic mass is 9.89. The number of fused-ring (bicyclic) bond motifs is 1. The van der Waals surface area contributed by atoms with Crippen LogP contribution in [0.3, 0.4) is 0 Å². The molecule has 2 aliphatic heterocycles. The Balaban J connectivity index is 1.59. The zero-order chi connectivity index (χ0) is 24.2. The monoisotopic (exact) mass is 464 g/mol. The average molecular weight is 465 g/mol. The van der Waals surface area contributed by atoms with E-state index in [1.54, 1.807) is 6.92 Å². The van der Waals surface area contributed by atoms with Gasteiger partial charge in [0.1, 0.15) is 0 Å². The van der Waals surface area contributed by atoms with Gasteiger partial charge in [0.15, 0.2) is 0 Å². The van der Waals surface area contributed by atoms with Gasteiger partial charge in [-0.1, -0.05) is 18.6 Å². The van der Waals surface area contributed by atoms with E-state index in [9.17, 15) is 9.59 Å². The molecule has 1 aromatic carbocycles. The van der Waals surface area contributed by atoms with Gasteiger partial charge in [-0.25, -0.2) is 4.79 Å². The second-order valence-corrected chi connectivity index (χ2v) is 9.77. The van der Waals surface area contributed by atoms with Crippen LogP contribution in [-0.2, 0) is 16.1 Å². The van der Waals surface area contributed by atoms with E-state index in [4.69, 9.17) is 9.72 Å². The molecule has 0 saturated carbocycles. The number of aromatic nitrogens is 1. The molecule has 0 unspecified atom stereocenters. The Labute approximate surface area is 202 Å².